The monoisotopic (exact) mass is 387 g/mol. The van der Waals surface area contributed by atoms with Gasteiger partial charge < -0.3 is 0 Å². The fraction of sp³-hybridized carbons (Fsp3) is 0.111. The normalized spacial score (nSPS) is 11.2. The minimum absolute atomic E-state index is 0.0582. The van der Waals surface area contributed by atoms with Gasteiger partial charge in [0.05, 0.1) is 11.3 Å². The first-order valence-electron chi connectivity index (χ1n) is 7.76. The highest BCUT2D eigenvalue weighted by atomic mass is 32.2. The van der Waals surface area contributed by atoms with Gasteiger partial charge in [-0.3, -0.25) is 14.4 Å². The highest BCUT2D eigenvalue weighted by Crippen LogP contribution is 2.25. The number of nitrogens with zero attached hydrogens (tertiary/aromatic N) is 2. The summed E-state index contributed by atoms with van der Waals surface area (Å²) in [4.78, 5) is 17.6. The Hall–Kier alpha value is -2.71. The van der Waals surface area contributed by atoms with Gasteiger partial charge in [0.2, 0.25) is 0 Å². The summed E-state index contributed by atoms with van der Waals surface area (Å²) in [6.07, 6.45) is 1.64. The first kappa shape index (κ1) is 18.1. The van der Waals surface area contributed by atoms with E-state index in [1.54, 1.807) is 48.7 Å². The predicted molar refractivity (Wildman–Crippen MR) is 103 cm³/mol. The summed E-state index contributed by atoms with van der Waals surface area (Å²) in [5.74, 6) is -0.514. The molecule has 0 atom stereocenters. The molecule has 0 aliphatic rings. The van der Waals surface area contributed by atoms with Crippen molar-refractivity contribution in [2.75, 3.05) is 16.7 Å². The number of nitrogens with one attached hydrogen (secondary N) is 1. The van der Waals surface area contributed by atoms with Gasteiger partial charge in [-0.2, -0.15) is 0 Å². The number of hydrogen-bond acceptors (Lipinski definition) is 5. The third-order valence-corrected chi connectivity index (χ3v) is 6.40. The van der Waals surface area contributed by atoms with E-state index in [-0.39, 0.29) is 10.5 Å². The molecule has 1 aromatic heterocycles. The van der Waals surface area contributed by atoms with E-state index in [0.29, 0.717) is 10.8 Å². The van der Waals surface area contributed by atoms with Crippen molar-refractivity contribution in [2.24, 2.45) is 0 Å². The summed E-state index contributed by atoms with van der Waals surface area (Å²) in [6.45, 7) is 1.88. The quantitative estimate of drug-likeness (QED) is 0.726. The summed E-state index contributed by atoms with van der Waals surface area (Å²) >= 11 is 1.32. The lowest BCUT2D eigenvalue weighted by atomic mass is 10.2. The molecule has 0 spiro atoms. The van der Waals surface area contributed by atoms with Crippen molar-refractivity contribution in [3.8, 4) is 0 Å². The number of benzene rings is 2. The van der Waals surface area contributed by atoms with Crippen LogP contribution < -0.4 is 9.62 Å². The second kappa shape index (κ2) is 7.27. The zero-order chi connectivity index (χ0) is 18.7. The van der Waals surface area contributed by atoms with Gasteiger partial charge in [0, 0.05) is 18.1 Å². The highest BCUT2D eigenvalue weighted by molar-refractivity contribution is 7.92. The maximum Gasteiger partial charge on any atom is 0.264 e. The largest absolute Gasteiger partial charge is 0.298 e. The summed E-state index contributed by atoms with van der Waals surface area (Å²) in [5, 5.41) is 3.08. The molecule has 0 unspecified atom stereocenters. The Labute approximate surface area is 156 Å². The molecule has 6 nitrogen and oxygen atoms in total. The fourth-order valence-corrected chi connectivity index (χ4v) is 4.42. The van der Waals surface area contributed by atoms with Gasteiger partial charge in [-0.15, -0.1) is 11.3 Å². The van der Waals surface area contributed by atoms with Crippen LogP contribution in [0.4, 0.5) is 10.8 Å². The molecule has 0 aliphatic carbocycles. The van der Waals surface area contributed by atoms with Crippen LogP contribution in [0.3, 0.4) is 0 Å². The number of carbonyl (C=O) groups excluding carboxylic acids is 1. The van der Waals surface area contributed by atoms with Crippen LogP contribution in [-0.2, 0) is 10.0 Å². The standard InChI is InChI=1S/C18H17N3O3S2/c1-13-12-19-18(25-13)20-17(22)15-10-6-7-11-16(15)26(23,24)21(2)14-8-4-3-5-9-14/h3-12H,1-2H3,(H,19,20,22). The van der Waals surface area contributed by atoms with Gasteiger partial charge in [-0.1, -0.05) is 30.3 Å². The molecular weight excluding hydrogens is 370 g/mol. The van der Waals surface area contributed by atoms with E-state index in [1.807, 2.05) is 6.92 Å². The van der Waals surface area contributed by atoms with E-state index in [4.69, 9.17) is 0 Å². The van der Waals surface area contributed by atoms with E-state index < -0.39 is 15.9 Å². The van der Waals surface area contributed by atoms with Gasteiger partial charge >= 0.3 is 0 Å². The van der Waals surface area contributed by atoms with E-state index in [2.05, 4.69) is 10.3 Å². The zero-order valence-corrected chi connectivity index (χ0v) is 15.8. The number of sulfonamides is 1. The van der Waals surface area contributed by atoms with Crippen LogP contribution in [0.15, 0.2) is 65.7 Å². The van der Waals surface area contributed by atoms with E-state index >= 15 is 0 Å². The van der Waals surface area contributed by atoms with Crippen LogP contribution in [0.2, 0.25) is 0 Å². The lowest BCUT2D eigenvalue weighted by Crippen LogP contribution is -2.28. The number of thiazole rings is 1. The number of amides is 1. The lowest BCUT2D eigenvalue weighted by molar-refractivity contribution is 0.102. The molecule has 0 saturated heterocycles. The van der Waals surface area contributed by atoms with Gasteiger partial charge in [-0.25, -0.2) is 13.4 Å². The molecule has 1 heterocycles. The number of anilines is 2. The van der Waals surface area contributed by atoms with Crippen LogP contribution in [0.1, 0.15) is 15.2 Å². The van der Waals surface area contributed by atoms with Crippen molar-refractivity contribution in [1.82, 2.24) is 4.98 Å². The number of aromatic nitrogens is 1. The van der Waals surface area contributed by atoms with E-state index in [1.165, 1.54) is 30.5 Å². The Morgan fingerprint density at radius 1 is 1.08 bits per heavy atom. The third-order valence-electron chi connectivity index (χ3n) is 3.73. The molecule has 8 heteroatoms. The molecule has 0 bridgehead atoms. The third kappa shape index (κ3) is 3.61. The van der Waals surface area contributed by atoms with Crippen molar-refractivity contribution in [2.45, 2.75) is 11.8 Å². The van der Waals surface area contributed by atoms with E-state index in [9.17, 15) is 13.2 Å². The van der Waals surface area contributed by atoms with Gasteiger partial charge in [0.25, 0.3) is 15.9 Å². The van der Waals surface area contributed by atoms with Crippen LogP contribution in [0.25, 0.3) is 0 Å². The molecule has 26 heavy (non-hydrogen) atoms. The molecule has 1 amide bonds. The molecule has 0 radical (unpaired) electrons. The SMILES string of the molecule is Cc1cnc(NC(=O)c2ccccc2S(=O)(=O)N(C)c2ccccc2)s1. The van der Waals surface area contributed by atoms with Gasteiger partial charge in [0.15, 0.2) is 5.13 Å². The smallest absolute Gasteiger partial charge is 0.264 e. The molecule has 3 aromatic rings. The predicted octanol–water partition coefficient (Wildman–Crippen LogP) is 3.53. The Balaban J connectivity index is 1.97. The van der Waals surface area contributed by atoms with Crippen LogP contribution in [0, 0.1) is 6.92 Å². The van der Waals surface area contributed by atoms with Crippen LogP contribution in [0.5, 0.6) is 0 Å². The second-order valence-corrected chi connectivity index (χ2v) is 8.71. The molecule has 0 saturated carbocycles. The number of para-hydroxylation sites is 1. The lowest BCUT2D eigenvalue weighted by Gasteiger charge is -2.20. The zero-order valence-electron chi connectivity index (χ0n) is 14.2. The number of aryl methyl sites for hydroxylation is 1. The molecule has 0 fully saturated rings. The molecular formula is C18H17N3O3S2. The second-order valence-electron chi connectivity index (χ2n) is 5.53. The summed E-state index contributed by atoms with van der Waals surface area (Å²) in [6, 6.07) is 14.8. The van der Waals surface area contributed by atoms with Crippen molar-refractivity contribution in [3.63, 3.8) is 0 Å². The van der Waals surface area contributed by atoms with Gasteiger partial charge in [0.1, 0.15) is 4.90 Å². The highest BCUT2D eigenvalue weighted by Gasteiger charge is 2.27. The van der Waals surface area contributed by atoms with Crippen LogP contribution in [-0.4, -0.2) is 26.4 Å². The first-order valence-corrected chi connectivity index (χ1v) is 10.0. The number of rotatable bonds is 5. The Morgan fingerprint density at radius 3 is 2.38 bits per heavy atom. The number of carbonyl (C=O) groups is 1. The van der Waals surface area contributed by atoms with Crippen molar-refractivity contribution >= 4 is 38.1 Å². The van der Waals surface area contributed by atoms with Crippen molar-refractivity contribution in [3.05, 3.63) is 71.2 Å². The molecule has 0 aliphatic heterocycles. The topological polar surface area (TPSA) is 79.4 Å². The van der Waals surface area contributed by atoms with Crippen molar-refractivity contribution < 1.29 is 13.2 Å². The maximum absolute atomic E-state index is 13.0. The Morgan fingerprint density at radius 2 is 1.73 bits per heavy atom. The Bertz CT molecular complexity index is 1030. The average molecular weight is 387 g/mol. The van der Waals surface area contributed by atoms with Crippen LogP contribution >= 0.6 is 11.3 Å². The minimum atomic E-state index is -3.90. The molecule has 3 rings (SSSR count). The first-order chi connectivity index (χ1) is 12.4. The minimum Gasteiger partial charge on any atom is -0.298 e. The molecule has 134 valence electrons. The summed E-state index contributed by atoms with van der Waals surface area (Å²) < 4.78 is 27.3. The Kier molecular flexibility index (Phi) is 5.06. The maximum atomic E-state index is 13.0. The summed E-state index contributed by atoms with van der Waals surface area (Å²) in [7, 11) is -2.44. The fourth-order valence-electron chi connectivity index (χ4n) is 2.38. The van der Waals surface area contributed by atoms with E-state index in [0.717, 1.165) is 9.18 Å². The average Bonchev–Trinajstić information content (AvgIpc) is 3.06. The van der Waals surface area contributed by atoms with Crippen molar-refractivity contribution in [1.29, 1.82) is 0 Å². The summed E-state index contributed by atoms with van der Waals surface area (Å²) in [5.41, 5.74) is 0.585. The molecule has 1 N–H and O–H groups in total. The molecule has 2 aromatic carbocycles. The number of hydrogen-bond donors (Lipinski definition) is 1. The van der Waals surface area contributed by atoms with Gasteiger partial charge in [-0.05, 0) is 31.2 Å².